The summed E-state index contributed by atoms with van der Waals surface area (Å²) in [6.45, 7) is 0. The van der Waals surface area contributed by atoms with Crippen molar-refractivity contribution in [3.63, 3.8) is 0 Å². The van der Waals surface area contributed by atoms with Gasteiger partial charge in [-0.1, -0.05) is 6.07 Å². The van der Waals surface area contributed by atoms with E-state index in [1.165, 1.54) is 18.4 Å². The zero-order chi connectivity index (χ0) is 12.7. The number of furan rings is 1. The zero-order valence-corrected chi connectivity index (χ0v) is 10.6. The molecular weight excluding hydrogens is 236 g/mol. The first kappa shape index (κ1) is 10.7. The first-order valence-electron chi connectivity index (χ1n) is 6.73. The van der Waals surface area contributed by atoms with Crippen LogP contribution < -0.4 is 0 Å². The highest BCUT2D eigenvalue weighted by atomic mass is 16.3. The van der Waals surface area contributed by atoms with Gasteiger partial charge in [0.15, 0.2) is 0 Å². The molecule has 0 aromatic carbocycles. The molecule has 0 radical (unpaired) electrons. The summed E-state index contributed by atoms with van der Waals surface area (Å²) in [4.78, 5) is 8.77. The van der Waals surface area contributed by atoms with Crippen LogP contribution in [0.15, 0.2) is 41.2 Å². The fourth-order valence-electron chi connectivity index (χ4n) is 2.88. The second-order valence-electron chi connectivity index (χ2n) is 4.99. The van der Waals surface area contributed by atoms with Crippen molar-refractivity contribution < 1.29 is 4.42 Å². The molecule has 1 aliphatic rings. The predicted octanol–water partition coefficient (Wildman–Crippen LogP) is 3.77. The van der Waals surface area contributed by atoms with E-state index in [4.69, 9.17) is 4.42 Å². The van der Waals surface area contributed by atoms with Gasteiger partial charge in [-0.25, -0.2) is 0 Å². The Kier molecular flexibility index (Phi) is 2.37. The van der Waals surface area contributed by atoms with Crippen LogP contribution in [0.4, 0.5) is 0 Å². The molecule has 0 amide bonds. The molecule has 0 atom stereocenters. The molecule has 3 aromatic heterocycles. The van der Waals surface area contributed by atoms with Crippen LogP contribution in [0.5, 0.6) is 0 Å². The minimum atomic E-state index is 0.923. The molecule has 0 N–H and O–H groups in total. The molecule has 94 valence electrons. The Morgan fingerprint density at radius 3 is 2.89 bits per heavy atom. The number of pyridine rings is 2. The first-order valence-corrected chi connectivity index (χ1v) is 6.73. The van der Waals surface area contributed by atoms with E-state index < -0.39 is 0 Å². The second kappa shape index (κ2) is 4.19. The molecule has 0 fully saturated rings. The van der Waals surface area contributed by atoms with E-state index in [0.717, 1.165) is 40.8 Å². The van der Waals surface area contributed by atoms with Gasteiger partial charge in [0.05, 0.1) is 11.3 Å². The Morgan fingerprint density at radius 1 is 1.05 bits per heavy atom. The van der Waals surface area contributed by atoms with Crippen LogP contribution in [-0.2, 0) is 12.8 Å². The van der Waals surface area contributed by atoms with Crippen LogP contribution in [0.3, 0.4) is 0 Å². The average molecular weight is 250 g/mol. The van der Waals surface area contributed by atoms with Crippen molar-refractivity contribution in [1.82, 2.24) is 9.97 Å². The molecule has 1 aliphatic carbocycles. The Balaban J connectivity index is 2.00. The van der Waals surface area contributed by atoms with Crippen molar-refractivity contribution in [2.45, 2.75) is 25.7 Å². The van der Waals surface area contributed by atoms with Crippen LogP contribution in [0.1, 0.15) is 24.2 Å². The van der Waals surface area contributed by atoms with Crippen molar-refractivity contribution in [1.29, 1.82) is 0 Å². The lowest BCUT2D eigenvalue weighted by atomic mass is 9.96. The second-order valence-corrected chi connectivity index (χ2v) is 4.99. The highest BCUT2D eigenvalue weighted by Crippen LogP contribution is 2.35. The summed E-state index contributed by atoms with van der Waals surface area (Å²) in [7, 11) is 0. The third-order valence-corrected chi connectivity index (χ3v) is 3.80. The van der Waals surface area contributed by atoms with E-state index in [-0.39, 0.29) is 0 Å². The summed E-state index contributed by atoms with van der Waals surface area (Å²) in [6.07, 6.45) is 10.2. The molecule has 0 saturated heterocycles. The third kappa shape index (κ3) is 1.65. The molecule has 0 bridgehead atoms. The molecular formula is C16H14N2O. The van der Waals surface area contributed by atoms with Gasteiger partial charge in [-0.2, -0.15) is 0 Å². The van der Waals surface area contributed by atoms with E-state index in [2.05, 4.69) is 9.97 Å². The molecule has 0 saturated carbocycles. The smallest absolute Gasteiger partial charge is 0.147 e. The summed E-state index contributed by atoms with van der Waals surface area (Å²) in [5.74, 6) is 1.14. The van der Waals surface area contributed by atoms with Crippen molar-refractivity contribution in [2.24, 2.45) is 0 Å². The van der Waals surface area contributed by atoms with Crippen molar-refractivity contribution in [2.75, 3.05) is 0 Å². The number of hydrogen-bond donors (Lipinski definition) is 0. The minimum absolute atomic E-state index is 0.923. The summed E-state index contributed by atoms with van der Waals surface area (Å²) in [5.41, 5.74) is 4.21. The van der Waals surface area contributed by atoms with Gasteiger partial charge in [0, 0.05) is 36.0 Å². The number of rotatable bonds is 1. The molecule has 3 nitrogen and oxygen atoms in total. The van der Waals surface area contributed by atoms with Gasteiger partial charge in [-0.05, 0) is 31.4 Å². The van der Waals surface area contributed by atoms with E-state index >= 15 is 0 Å². The average Bonchev–Trinajstić information content (AvgIpc) is 2.87. The third-order valence-electron chi connectivity index (χ3n) is 3.80. The van der Waals surface area contributed by atoms with Gasteiger partial charge >= 0.3 is 0 Å². The lowest BCUT2D eigenvalue weighted by molar-refractivity contribution is 0.506. The Labute approximate surface area is 111 Å². The summed E-state index contributed by atoms with van der Waals surface area (Å²) in [5, 5.41) is 1.16. The quantitative estimate of drug-likeness (QED) is 0.660. The molecule has 3 heteroatoms. The number of aryl methyl sites for hydroxylation is 2. The van der Waals surface area contributed by atoms with Crippen molar-refractivity contribution in [3.8, 4) is 11.3 Å². The maximum absolute atomic E-state index is 6.10. The van der Waals surface area contributed by atoms with Crippen molar-refractivity contribution in [3.05, 3.63) is 48.1 Å². The summed E-state index contributed by atoms with van der Waals surface area (Å²) >= 11 is 0. The van der Waals surface area contributed by atoms with E-state index in [9.17, 15) is 0 Å². The normalized spacial score (nSPS) is 14.5. The molecule has 4 rings (SSSR count). The highest BCUT2D eigenvalue weighted by molar-refractivity contribution is 5.93. The van der Waals surface area contributed by atoms with Crippen molar-refractivity contribution >= 4 is 11.0 Å². The van der Waals surface area contributed by atoms with Crippen LogP contribution in [0.25, 0.3) is 22.2 Å². The van der Waals surface area contributed by atoms with Gasteiger partial charge in [0.1, 0.15) is 11.3 Å². The maximum Gasteiger partial charge on any atom is 0.147 e. The number of nitrogens with zero attached hydrogens (tertiary/aromatic N) is 2. The Hall–Kier alpha value is -2.16. The fourth-order valence-corrected chi connectivity index (χ4v) is 2.88. The molecule has 19 heavy (non-hydrogen) atoms. The van der Waals surface area contributed by atoms with Gasteiger partial charge < -0.3 is 4.42 Å². The van der Waals surface area contributed by atoms with Gasteiger partial charge in [-0.3, -0.25) is 9.97 Å². The molecule has 0 aliphatic heterocycles. The zero-order valence-electron chi connectivity index (χ0n) is 10.6. The Bertz CT molecular complexity index is 731. The van der Waals surface area contributed by atoms with E-state index in [1.54, 1.807) is 6.20 Å². The van der Waals surface area contributed by atoms with Crippen LogP contribution in [0.2, 0.25) is 0 Å². The van der Waals surface area contributed by atoms with Crippen LogP contribution in [0, 0.1) is 0 Å². The van der Waals surface area contributed by atoms with Gasteiger partial charge in [0.25, 0.3) is 0 Å². The monoisotopic (exact) mass is 250 g/mol. The summed E-state index contributed by atoms with van der Waals surface area (Å²) in [6, 6.07) is 5.91. The summed E-state index contributed by atoms with van der Waals surface area (Å²) < 4.78 is 6.10. The van der Waals surface area contributed by atoms with Crippen LogP contribution in [-0.4, -0.2) is 9.97 Å². The van der Waals surface area contributed by atoms with E-state index in [1.807, 2.05) is 30.6 Å². The highest BCUT2D eigenvalue weighted by Gasteiger charge is 2.20. The number of aromatic nitrogens is 2. The molecule has 3 heterocycles. The maximum atomic E-state index is 6.10. The van der Waals surface area contributed by atoms with Crippen LogP contribution >= 0.6 is 0 Å². The first-order chi connectivity index (χ1) is 9.43. The Morgan fingerprint density at radius 2 is 2.00 bits per heavy atom. The fraction of sp³-hybridized carbons (Fsp3) is 0.250. The largest absolute Gasteiger partial charge is 0.460 e. The molecule has 3 aromatic rings. The predicted molar refractivity (Wildman–Crippen MR) is 73.9 cm³/mol. The lowest BCUT2D eigenvalue weighted by Gasteiger charge is -2.08. The lowest BCUT2D eigenvalue weighted by Crippen LogP contribution is -1.98. The topological polar surface area (TPSA) is 38.9 Å². The minimum Gasteiger partial charge on any atom is -0.460 e. The van der Waals surface area contributed by atoms with Gasteiger partial charge in [0.2, 0.25) is 0 Å². The standard InChI is InChI=1S/C16H14N2O/c1-2-7-15-11(5-1)12-9-17-10-13(16(12)19-15)14-6-3-4-8-18-14/h3-4,6,8-10H,1-2,5,7H2. The molecule has 0 spiro atoms. The number of hydrogen-bond acceptors (Lipinski definition) is 3. The molecule has 0 unspecified atom stereocenters. The number of fused-ring (bicyclic) bond motifs is 3. The van der Waals surface area contributed by atoms with E-state index in [0.29, 0.717) is 0 Å². The SMILES string of the molecule is c1ccc(-c2cncc3c4c(oc23)CCCC4)nc1. The van der Waals surface area contributed by atoms with Gasteiger partial charge in [-0.15, -0.1) is 0 Å².